The number of ether oxygens (including phenoxy) is 1. The molecule has 0 radical (unpaired) electrons. The quantitative estimate of drug-likeness (QED) is 0.799. The van der Waals surface area contributed by atoms with Crippen molar-refractivity contribution in [1.29, 1.82) is 0 Å². The molecule has 3 heterocycles. The van der Waals surface area contributed by atoms with E-state index >= 15 is 0 Å². The minimum absolute atomic E-state index is 0.206. The molecule has 6 nitrogen and oxygen atoms in total. The summed E-state index contributed by atoms with van der Waals surface area (Å²) >= 11 is 0. The van der Waals surface area contributed by atoms with Crippen molar-refractivity contribution in [3.05, 3.63) is 60.0 Å². The van der Waals surface area contributed by atoms with Crippen molar-refractivity contribution in [2.45, 2.75) is 6.92 Å². The maximum absolute atomic E-state index is 12.5. The Hall–Kier alpha value is -2.86. The van der Waals surface area contributed by atoms with Crippen molar-refractivity contribution in [2.75, 3.05) is 36.5 Å². The number of amides is 1. The summed E-state index contributed by atoms with van der Waals surface area (Å²) in [6.45, 7) is 5.29. The normalized spacial score (nSPS) is 14.7. The molecular formula is C19H20N4O2. The van der Waals surface area contributed by atoms with Crippen LogP contribution in [0.15, 0.2) is 48.7 Å². The van der Waals surface area contributed by atoms with Gasteiger partial charge in [-0.25, -0.2) is 4.98 Å². The van der Waals surface area contributed by atoms with E-state index in [-0.39, 0.29) is 5.91 Å². The van der Waals surface area contributed by atoms with E-state index in [4.69, 9.17) is 4.74 Å². The highest BCUT2D eigenvalue weighted by atomic mass is 16.5. The lowest BCUT2D eigenvalue weighted by Crippen LogP contribution is -2.36. The van der Waals surface area contributed by atoms with Gasteiger partial charge in [-0.1, -0.05) is 6.07 Å². The van der Waals surface area contributed by atoms with Gasteiger partial charge >= 0.3 is 0 Å². The summed E-state index contributed by atoms with van der Waals surface area (Å²) in [6.07, 6.45) is 1.77. The zero-order valence-electron chi connectivity index (χ0n) is 14.1. The third-order valence-corrected chi connectivity index (χ3v) is 4.43. The number of hydrogen-bond acceptors (Lipinski definition) is 4. The number of fused-ring (bicyclic) bond motifs is 1. The lowest BCUT2D eigenvalue weighted by atomic mass is 10.2. The van der Waals surface area contributed by atoms with Gasteiger partial charge in [0.05, 0.1) is 13.2 Å². The molecule has 1 aromatic carbocycles. The Balaban J connectivity index is 1.49. The minimum Gasteiger partial charge on any atom is -0.378 e. The summed E-state index contributed by atoms with van der Waals surface area (Å²) < 4.78 is 7.29. The number of aromatic nitrogens is 2. The molecule has 25 heavy (non-hydrogen) atoms. The molecule has 1 saturated heterocycles. The summed E-state index contributed by atoms with van der Waals surface area (Å²) in [5.74, 6) is -0.206. The summed E-state index contributed by atoms with van der Waals surface area (Å²) in [5.41, 5.74) is 4.12. The molecule has 3 aromatic rings. The van der Waals surface area contributed by atoms with Crippen LogP contribution in [0, 0.1) is 6.92 Å². The van der Waals surface area contributed by atoms with Gasteiger partial charge in [0.15, 0.2) is 0 Å². The molecule has 1 aliphatic rings. The van der Waals surface area contributed by atoms with Crippen LogP contribution in [0.4, 0.5) is 11.4 Å². The number of aryl methyl sites for hydroxylation is 1. The first-order valence-corrected chi connectivity index (χ1v) is 8.39. The summed E-state index contributed by atoms with van der Waals surface area (Å²) in [6, 6.07) is 13.7. The highest BCUT2D eigenvalue weighted by molar-refractivity contribution is 6.03. The monoisotopic (exact) mass is 336 g/mol. The molecule has 1 aliphatic heterocycles. The van der Waals surface area contributed by atoms with Crippen molar-refractivity contribution in [1.82, 2.24) is 9.38 Å². The van der Waals surface area contributed by atoms with Crippen molar-refractivity contribution >= 4 is 22.9 Å². The maximum atomic E-state index is 12.5. The lowest BCUT2D eigenvalue weighted by Gasteiger charge is -2.28. The zero-order chi connectivity index (χ0) is 17.2. The zero-order valence-corrected chi connectivity index (χ0v) is 14.1. The number of anilines is 2. The van der Waals surface area contributed by atoms with E-state index in [9.17, 15) is 4.79 Å². The van der Waals surface area contributed by atoms with Crippen LogP contribution in [0.25, 0.3) is 5.65 Å². The average Bonchev–Trinajstić information content (AvgIpc) is 3.09. The first kappa shape index (κ1) is 15.7. The Bertz CT molecular complexity index is 895. The summed E-state index contributed by atoms with van der Waals surface area (Å²) in [4.78, 5) is 19.1. The molecule has 2 aromatic heterocycles. The predicted molar refractivity (Wildman–Crippen MR) is 97.4 cm³/mol. The van der Waals surface area contributed by atoms with E-state index in [1.165, 1.54) is 0 Å². The van der Waals surface area contributed by atoms with Gasteiger partial charge in [0, 0.05) is 36.4 Å². The van der Waals surface area contributed by atoms with Gasteiger partial charge in [-0.15, -0.1) is 0 Å². The second-order valence-corrected chi connectivity index (χ2v) is 6.12. The third kappa shape index (κ3) is 3.21. The van der Waals surface area contributed by atoms with Crippen LogP contribution in [0.3, 0.4) is 0 Å². The van der Waals surface area contributed by atoms with Crippen molar-refractivity contribution in [3.63, 3.8) is 0 Å². The summed E-state index contributed by atoms with van der Waals surface area (Å²) in [5, 5.41) is 2.91. The Labute approximate surface area is 146 Å². The Morgan fingerprint density at radius 3 is 2.60 bits per heavy atom. The number of benzene rings is 1. The molecule has 1 fully saturated rings. The van der Waals surface area contributed by atoms with Gasteiger partial charge in [0.2, 0.25) is 0 Å². The number of hydrogen-bond donors (Lipinski definition) is 1. The SMILES string of the molecule is Cc1cccc2nc(C(=O)Nc3ccc(N4CCOCC4)cc3)cn12. The molecule has 0 aliphatic carbocycles. The van der Waals surface area contributed by atoms with Gasteiger partial charge in [-0.3, -0.25) is 4.79 Å². The van der Waals surface area contributed by atoms with Crippen LogP contribution < -0.4 is 10.2 Å². The fraction of sp³-hybridized carbons (Fsp3) is 0.263. The maximum Gasteiger partial charge on any atom is 0.275 e. The number of nitrogens with zero attached hydrogens (tertiary/aromatic N) is 3. The van der Waals surface area contributed by atoms with Crippen LogP contribution in [-0.4, -0.2) is 41.6 Å². The lowest BCUT2D eigenvalue weighted by molar-refractivity contribution is 0.102. The first-order valence-electron chi connectivity index (χ1n) is 8.39. The molecule has 0 spiro atoms. The van der Waals surface area contributed by atoms with Crippen LogP contribution in [0.5, 0.6) is 0 Å². The average molecular weight is 336 g/mol. The van der Waals surface area contributed by atoms with Gasteiger partial charge in [0.1, 0.15) is 11.3 Å². The van der Waals surface area contributed by atoms with E-state index in [1.807, 2.05) is 53.8 Å². The van der Waals surface area contributed by atoms with E-state index < -0.39 is 0 Å². The van der Waals surface area contributed by atoms with Crippen molar-refractivity contribution < 1.29 is 9.53 Å². The number of rotatable bonds is 3. The van der Waals surface area contributed by atoms with E-state index in [1.54, 1.807) is 6.20 Å². The number of pyridine rings is 1. The van der Waals surface area contributed by atoms with Crippen LogP contribution in [0.1, 0.15) is 16.2 Å². The fourth-order valence-electron chi connectivity index (χ4n) is 3.03. The van der Waals surface area contributed by atoms with E-state index in [2.05, 4.69) is 15.2 Å². The highest BCUT2D eigenvalue weighted by Gasteiger charge is 2.13. The molecule has 1 amide bonds. The van der Waals surface area contributed by atoms with Gasteiger partial charge in [0.25, 0.3) is 5.91 Å². The van der Waals surface area contributed by atoms with Gasteiger partial charge < -0.3 is 19.4 Å². The number of morpholine rings is 1. The number of carbonyl (C=O) groups excluding carboxylic acids is 1. The Morgan fingerprint density at radius 2 is 1.88 bits per heavy atom. The molecule has 4 rings (SSSR count). The highest BCUT2D eigenvalue weighted by Crippen LogP contribution is 2.19. The molecule has 0 atom stereocenters. The molecule has 6 heteroatoms. The molecule has 0 unspecified atom stereocenters. The molecule has 0 saturated carbocycles. The van der Waals surface area contributed by atoms with Gasteiger partial charge in [-0.05, 0) is 43.3 Å². The first-order chi connectivity index (χ1) is 12.2. The molecule has 128 valence electrons. The van der Waals surface area contributed by atoms with Crippen LogP contribution in [-0.2, 0) is 4.74 Å². The second kappa shape index (κ2) is 6.57. The molecule has 0 bridgehead atoms. The predicted octanol–water partition coefficient (Wildman–Crippen LogP) is 2.73. The van der Waals surface area contributed by atoms with Crippen LogP contribution >= 0.6 is 0 Å². The summed E-state index contributed by atoms with van der Waals surface area (Å²) in [7, 11) is 0. The minimum atomic E-state index is -0.206. The van der Waals surface area contributed by atoms with Crippen LogP contribution in [0.2, 0.25) is 0 Å². The molecular weight excluding hydrogens is 316 g/mol. The standard InChI is InChI=1S/C19H20N4O2/c1-14-3-2-4-18-21-17(13-23(14)18)19(24)20-15-5-7-16(8-6-15)22-9-11-25-12-10-22/h2-8,13H,9-12H2,1H3,(H,20,24). The van der Waals surface area contributed by atoms with E-state index in [0.29, 0.717) is 5.69 Å². The second-order valence-electron chi connectivity index (χ2n) is 6.12. The Kier molecular flexibility index (Phi) is 4.11. The molecule has 1 N–H and O–H groups in total. The number of carbonyl (C=O) groups is 1. The smallest absolute Gasteiger partial charge is 0.275 e. The number of imidazole rings is 1. The van der Waals surface area contributed by atoms with Crippen molar-refractivity contribution in [2.24, 2.45) is 0 Å². The Morgan fingerprint density at radius 1 is 1.12 bits per heavy atom. The van der Waals surface area contributed by atoms with Gasteiger partial charge in [-0.2, -0.15) is 0 Å². The number of nitrogens with one attached hydrogen (secondary N) is 1. The largest absolute Gasteiger partial charge is 0.378 e. The van der Waals surface area contributed by atoms with E-state index in [0.717, 1.165) is 49.0 Å². The van der Waals surface area contributed by atoms with Crippen molar-refractivity contribution in [3.8, 4) is 0 Å². The third-order valence-electron chi connectivity index (χ3n) is 4.43. The fourth-order valence-corrected chi connectivity index (χ4v) is 3.03. The topological polar surface area (TPSA) is 58.9 Å².